The molecular weight excluding hydrogens is 356 g/mol. The highest BCUT2D eigenvalue weighted by atomic mass is 32.1. The second kappa shape index (κ2) is 9.55. The molecule has 0 saturated carbocycles. The van der Waals surface area contributed by atoms with Gasteiger partial charge >= 0.3 is 0 Å². The van der Waals surface area contributed by atoms with Gasteiger partial charge in [0.05, 0.1) is 13.1 Å². The summed E-state index contributed by atoms with van der Waals surface area (Å²) in [7, 11) is 0. The molecule has 1 aromatic carbocycles. The van der Waals surface area contributed by atoms with E-state index in [-0.39, 0.29) is 12.5 Å². The van der Waals surface area contributed by atoms with Crippen molar-refractivity contribution in [2.45, 2.75) is 39.8 Å². The van der Waals surface area contributed by atoms with Crippen molar-refractivity contribution in [3.05, 3.63) is 57.3 Å². The Balaban J connectivity index is 1.57. The monoisotopic (exact) mass is 384 g/mol. The van der Waals surface area contributed by atoms with Crippen molar-refractivity contribution in [1.29, 1.82) is 0 Å². The lowest BCUT2D eigenvalue weighted by Gasteiger charge is -2.27. The van der Waals surface area contributed by atoms with Gasteiger partial charge in [0.2, 0.25) is 5.91 Å². The summed E-state index contributed by atoms with van der Waals surface area (Å²) >= 11 is 1.79. The summed E-state index contributed by atoms with van der Waals surface area (Å²) in [5.74, 6) is 0.802. The van der Waals surface area contributed by atoms with E-state index in [1.54, 1.807) is 11.3 Å². The third kappa shape index (κ3) is 5.10. The highest BCUT2D eigenvalue weighted by Gasteiger charge is 2.21. The highest BCUT2D eigenvalue weighted by molar-refractivity contribution is 7.10. The number of nitrogens with one attached hydrogen (secondary N) is 2. The summed E-state index contributed by atoms with van der Waals surface area (Å²) < 4.78 is 0. The molecule has 144 valence electrons. The lowest BCUT2D eigenvalue weighted by molar-refractivity contribution is -0.130. The largest absolute Gasteiger partial charge is 0.357 e. The van der Waals surface area contributed by atoms with Crippen molar-refractivity contribution in [3.8, 4) is 0 Å². The zero-order valence-electron chi connectivity index (χ0n) is 16.1. The Morgan fingerprint density at radius 3 is 2.78 bits per heavy atom. The van der Waals surface area contributed by atoms with Crippen LogP contribution in [0.4, 0.5) is 0 Å². The van der Waals surface area contributed by atoms with Crippen LogP contribution in [0.1, 0.15) is 35.4 Å². The minimum Gasteiger partial charge on any atom is -0.357 e. The maximum absolute atomic E-state index is 12.6. The molecule has 0 radical (unpaired) electrons. The molecule has 1 amide bonds. The van der Waals surface area contributed by atoms with E-state index in [4.69, 9.17) is 0 Å². The third-order valence-electron chi connectivity index (χ3n) is 4.82. The molecular formula is C21H28N4OS. The quantitative estimate of drug-likeness (QED) is 0.595. The van der Waals surface area contributed by atoms with Crippen molar-refractivity contribution in [2.75, 3.05) is 19.6 Å². The summed E-state index contributed by atoms with van der Waals surface area (Å²) in [5, 5.41) is 8.54. The summed E-state index contributed by atoms with van der Waals surface area (Å²) in [6, 6.07) is 10.5. The fourth-order valence-corrected chi connectivity index (χ4v) is 4.18. The van der Waals surface area contributed by atoms with E-state index in [0.29, 0.717) is 12.5 Å². The predicted octanol–water partition coefficient (Wildman–Crippen LogP) is 2.95. The molecule has 3 rings (SSSR count). The van der Waals surface area contributed by atoms with Crippen LogP contribution in [0.5, 0.6) is 0 Å². The van der Waals surface area contributed by atoms with E-state index in [1.165, 1.54) is 21.6 Å². The molecule has 5 nitrogen and oxygen atoms in total. The number of benzene rings is 1. The van der Waals surface area contributed by atoms with Crippen LogP contribution in [-0.4, -0.2) is 36.4 Å². The van der Waals surface area contributed by atoms with E-state index in [1.807, 2.05) is 17.9 Å². The lowest BCUT2D eigenvalue weighted by atomic mass is 10.1. The van der Waals surface area contributed by atoms with Crippen LogP contribution in [-0.2, 0) is 30.7 Å². The van der Waals surface area contributed by atoms with Gasteiger partial charge in [-0.25, -0.2) is 4.99 Å². The fourth-order valence-electron chi connectivity index (χ4n) is 3.30. The second-order valence-corrected chi connectivity index (χ2v) is 7.61. The minimum atomic E-state index is 0.117. The maximum Gasteiger partial charge on any atom is 0.242 e. The number of hydrogen-bond donors (Lipinski definition) is 2. The molecule has 6 heteroatoms. The smallest absolute Gasteiger partial charge is 0.242 e. The number of rotatable bonds is 6. The number of nitrogens with zero attached hydrogens (tertiary/aromatic N) is 2. The Morgan fingerprint density at radius 1 is 1.19 bits per heavy atom. The first-order valence-corrected chi connectivity index (χ1v) is 10.5. The SMILES string of the molecule is CCNC(=NCc1ccccc1CC)NCC(=O)N1CCc2sccc2C1. The summed E-state index contributed by atoms with van der Waals surface area (Å²) in [4.78, 5) is 20.6. The Bertz CT molecular complexity index is 799. The van der Waals surface area contributed by atoms with Gasteiger partial charge in [0.25, 0.3) is 0 Å². The van der Waals surface area contributed by atoms with E-state index in [9.17, 15) is 4.79 Å². The van der Waals surface area contributed by atoms with Crippen LogP contribution in [0.3, 0.4) is 0 Å². The van der Waals surface area contributed by atoms with Gasteiger partial charge in [-0.1, -0.05) is 31.2 Å². The minimum absolute atomic E-state index is 0.117. The number of fused-ring (bicyclic) bond motifs is 1. The first kappa shape index (κ1) is 19.4. The molecule has 0 fully saturated rings. The van der Waals surface area contributed by atoms with Crippen molar-refractivity contribution in [3.63, 3.8) is 0 Å². The summed E-state index contributed by atoms with van der Waals surface area (Å²) in [6.45, 7) is 7.33. The number of amides is 1. The zero-order chi connectivity index (χ0) is 19.1. The Labute approximate surface area is 165 Å². The molecule has 0 bridgehead atoms. The third-order valence-corrected chi connectivity index (χ3v) is 5.84. The van der Waals surface area contributed by atoms with Gasteiger partial charge in [0, 0.05) is 24.5 Å². The second-order valence-electron chi connectivity index (χ2n) is 6.61. The number of thiophene rings is 1. The molecule has 0 aliphatic carbocycles. The molecule has 1 aliphatic rings. The maximum atomic E-state index is 12.6. The summed E-state index contributed by atoms with van der Waals surface area (Å²) in [5.41, 5.74) is 3.83. The number of hydrogen-bond acceptors (Lipinski definition) is 3. The van der Waals surface area contributed by atoms with E-state index in [0.717, 1.165) is 32.5 Å². The lowest BCUT2D eigenvalue weighted by Crippen LogP contribution is -2.45. The predicted molar refractivity (Wildman–Crippen MR) is 112 cm³/mol. The van der Waals surface area contributed by atoms with E-state index in [2.05, 4.69) is 52.2 Å². The van der Waals surface area contributed by atoms with Gasteiger partial charge in [-0.2, -0.15) is 0 Å². The van der Waals surface area contributed by atoms with E-state index >= 15 is 0 Å². The molecule has 1 aromatic heterocycles. The standard InChI is InChI=1S/C21H28N4OS/c1-3-16-7-5-6-8-17(16)13-23-21(22-4-2)24-14-20(26)25-11-9-19-18(15-25)10-12-27-19/h5-8,10,12H,3-4,9,11,13-15H2,1-2H3,(H2,22,23,24). The van der Waals surface area contributed by atoms with E-state index < -0.39 is 0 Å². The molecule has 0 unspecified atom stereocenters. The van der Waals surface area contributed by atoms with Gasteiger partial charge in [0.15, 0.2) is 5.96 Å². The van der Waals surface area contributed by atoms with Gasteiger partial charge < -0.3 is 15.5 Å². The Morgan fingerprint density at radius 2 is 2.00 bits per heavy atom. The van der Waals surface area contributed by atoms with Crippen molar-refractivity contribution in [2.24, 2.45) is 4.99 Å². The molecule has 2 N–H and O–H groups in total. The van der Waals surface area contributed by atoms with Crippen molar-refractivity contribution >= 4 is 23.2 Å². The van der Waals surface area contributed by atoms with Gasteiger partial charge in [-0.3, -0.25) is 4.79 Å². The first-order valence-electron chi connectivity index (χ1n) is 9.63. The molecule has 2 aromatic rings. The van der Waals surface area contributed by atoms with Crippen LogP contribution in [0.15, 0.2) is 40.7 Å². The molecule has 0 saturated heterocycles. The highest BCUT2D eigenvalue weighted by Crippen LogP contribution is 2.23. The van der Waals surface area contributed by atoms with Gasteiger partial charge in [0.1, 0.15) is 0 Å². The zero-order valence-corrected chi connectivity index (χ0v) is 16.9. The number of aryl methyl sites for hydroxylation is 1. The topological polar surface area (TPSA) is 56.7 Å². The molecule has 1 aliphatic heterocycles. The van der Waals surface area contributed by atoms with Gasteiger partial charge in [-0.15, -0.1) is 11.3 Å². The van der Waals surface area contributed by atoms with Gasteiger partial charge in [-0.05, 0) is 47.9 Å². The Kier molecular flexibility index (Phi) is 6.87. The summed E-state index contributed by atoms with van der Waals surface area (Å²) in [6.07, 6.45) is 1.95. The number of carbonyl (C=O) groups excluding carboxylic acids is 1. The molecule has 0 spiro atoms. The number of carbonyl (C=O) groups is 1. The molecule has 0 atom stereocenters. The normalized spacial score (nSPS) is 14.0. The number of aliphatic imine (C=N–C) groups is 1. The van der Waals surface area contributed by atoms with Crippen LogP contribution in [0.25, 0.3) is 0 Å². The first-order chi connectivity index (χ1) is 13.2. The average Bonchev–Trinajstić information content (AvgIpc) is 3.17. The van der Waals surface area contributed by atoms with Crippen LogP contribution in [0.2, 0.25) is 0 Å². The molecule has 2 heterocycles. The van der Waals surface area contributed by atoms with Crippen molar-refractivity contribution in [1.82, 2.24) is 15.5 Å². The van der Waals surface area contributed by atoms with Crippen LogP contribution >= 0.6 is 11.3 Å². The average molecular weight is 385 g/mol. The van der Waals surface area contributed by atoms with Crippen LogP contribution in [0, 0.1) is 0 Å². The molecule has 27 heavy (non-hydrogen) atoms. The fraction of sp³-hybridized carbons (Fsp3) is 0.429. The van der Waals surface area contributed by atoms with Crippen LogP contribution < -0.4 is 10.6 Å². The van der Waals surface area contributed by atoms with Crippen molar-refractivity contribution < 1.29 is 4.79 Å². The Hall–Kier alpha value is -2.34. The number of guanidine groups is 1.